The van der Waals surface area contributed by atoms with Crippen LogP contribution < -0.4 is 4.74 Å². The Hall–Kier alpha value is -0.540. The number of ether oxygens (including phenoxy) is 1. The third-order valence-electron chi connectivity index (χ3n) is 2.79. The quantitative estimate of drug-likeness (QED) is 0.532. The van der Waals surface area contributed by atoms with Gasteiger partial charge in [-0.05, 0) is 43.9 Å². The van der Waals surface area contributed by atoms with E-state index in [4.69, 9.17) is 16.3 Å². The van der Waals surface area contributed by atoms with Crippen molar-refractivity contribution < 1.29 is 9.53 Å². The zero-order chi connectivity index (χ0) is 13.5. The van der Waals surface area contributed by atoms with Crippen molar-refractivity contribution in [2.24, 2.45) is 5.92 Å². The molecule has 0 aliphatic rings. The van der Waals surface area contributed by atoms with E-state index in [0.717, 1.165) is 18.2 Å². The lowest BCUT2D eigenvalue weighted by atomic mass is 10.1. The van der Waals surface area contributed by atoms with Crippen molar-refractivity contribution in [3.8, 4) is 5.75 Å². The minimum atomic E-state index is -0.0268. The Bertz CT molecular complexity index is 407. The number of benzene rings is 1. The molecule has 100 valence electrons. The zero-order valence-electron chi connectivity index (χ0n) is 10.7. The molecule has 1 atom stereocenters. The summed E-state index contributed by atoms with van der Waals surface area (Å²) >= 11 is 9.30. The van der Waals surface area contributed by atoms with Crippen molar-refractivity contribution >= 4 is 33.3 Å². The van der Waals surface area contributed by atoms with Crippen LogP contribution in [0, 0.1) is 5.92 Å². The van der Waals surface area contributed by atoms with Crippen molar-refractivity contribution in [1.29, 1.82) is 0 Å². The maximum Gasteiger partial charge on any atom is 0.163 e. The van der Waals surface area contributed by atoms with Gasteiger partial charge in [0.05, 0.1) is 12.2 Å². The van der Waals surface area contributed by atoms with E-state index in [1.54, 1.807) is 18.2 Å². The van der Waals surface area contributed by atoms with Gasteiger partial charge in [-0.15, -0.1) is 0 Å². The third-order valence-corrected chi connectivity index (χ3v) is 3.48. The number of alkyl halides is 1. The molecule has 0 saturated heterocycles. The summed E-state index contributed by atoms with van der Waals surface area (Å²) in [5.41, 5.74) is 0.552. The molecule has 4 heteroatoms. The highest BCUT2D eigenvalue weighted by atomic mass is 79.9. The number of hydrogen-bond acceptors (Lipinski definition) is 2. The zero-order valence-corrected chi connectivity index (χ0v) is 13.1. The Kier molecular flexibility index (Phi) is 6.72. The Morgan fingerprint density at radius 2 is 2.17 bits per heavy atom. The molecule has 0 aliphatic carbocycles. The van der Waals surface area contributed by atoms with Crippen molar-refractivity contribution in [3.05, 3.63) is 28.8 Å². The average Bonchev–Trinajstić information content (AvgIpc) is 2.31. The molecule has 0 radical (unpaired) electrons. The van der Waals surface area contributed by atoms with E-state index in [1.807, 2.05) is 0 Å². The highest BCUT2D eigenvalue weighted by Crippen LogP contribution is 2.24. The van der Waals surface area contributed by atoms with E-state index in [2.05, 4.69) is 22.9 Å². The van der Waals surface area contributed by atoms with Crippen LogP contribution in [0.3, 0.4) is 0 Å². The predicted octanol–water partition coefficient (Wildman–Crippen LogP) is 4.73. The van der Waals surface area contributed by atoms with Gasteiger partial charge in [-0.2, -0.15) is 0 Å². The molecular weight excluding hydrogens is 316 g/mol. The van der Waals surface area contributed by atoms with Crippen LogP contribution in [-0.2, 0) is 0 Å². The number of Topliss-reactive ketones (excluding diaryl/α,β-unsaturated/α-hetero) is 1. The fourth-order valence-electron chi connectivity index (χ4n) is 1.60. The molecule has 18 heavy (non-hydrogen) atoms. The molecule has 0 saturated carbocycles. The van der Waals surface area contributed by atoms with Gasteiger partial charge < -0.3 is 4.74 Å². The Labute approximate surface area is 122 Å². The summed E-state index contributed by atoms with van der Waals surface area (Å²) in [5, 5.41) is 1.56. The van der Waals surface area contributed by atoms with Crippen LogP contribution in [0.4, 0.5) is 0 Å². The molecule has 0 N–H and O–H groups in total. The summed E-state index contributed by atoms with van der Waals surface area (Å²) in [6.07, 6.45) is 2.11. The Balaban J connectivity index is 2.59. The number of halogens is 2. The van der Waals surface area contributed by atoms with Gasteiger partial charge >= 0.3 is 0 Å². The normalized spacial score (nSPS) is 12.2. The molecule has 0 fully saturated rings. The van der Waals surface area contributed by atoms with Crippen LogP contribution in [0.15, 0.2) is 18.2 Å². The van der Waals surface area contributed by atoms with E-state index in [0.29, 0.717) is 28.9 Å². The second kappa shape index (κ2) is 7.80. The van der Waals surface area contributed by atoms with Gasteiger partial charge in [0.2, 0.25) is 0 Å². The third kappa shape index (κ3) is 4.99. The number of hydrogen-bond donors (Lipinski definition) is 0. The number of carbonyl (C=O) groups excluding carboxylic acids is 1. The summed E-state index contributed by atoms with van der Waals surface area (Å²) < 4.78 is 5.68. The maximum atomic E-state index is 11.5. The standard InChI is InChI=1S/C14H18BrClO2/c1-10(5-7-15)6-8-18-14-4-3-12(16)9-13(14)11(2)17/h3-4,9-10H,5-8H2,1-2H3. The molecule has 1 unspecified atom stereocenters. The highest BCUT2D eigenvalue weighted by molar-refractivity contribution is 9.09. The minimum absolute atomic E-state index is 0.0268. The van der Waals surface area contributed by atoms with Gasteiger partial charge in [0, 0.05) is 10.4 Å². The number of ketones is 1. The maximum absolute atomic E-state index is 11.5. The summed E-state index contributed by atoms with van der Waals surface area (Å²) in [5.74, 6) is 1.21. The van der Waals surface area contributed by atoms with E-state index in [9.17, 15) is 4.79 Å². The van der Waals surface area contributed by atoms with Crippen LogP contribution >= 0.6 is 27.5 Å². The highest BCUT2D eigenvalue weighted by Gasteiger charge is 2.10. The summed E-state index contributed by atoms with van der Waals surface area (Å²) in [7, 11) is 0. The minimum Gasteiger partial charge on any atom is -0.493 e. The second-order valence-corrected chi connectivity index (χ2v) is 5.65. The van der Waals surface area contributed by atoms with Gasteiger partial charge in [-0.3, -0.25) is 4.79 Å². The first-order valence-corrected chi connectivity index (χ1v) is 7.53. The van der Waals surface area contributed by atoms with Crippen molar-refractivity contribution in [3.63, 3.8) is 0 Å². The Morgan fingerprint density at radius 1 is 1.44 bits per heavy atom. The van der Waals surface area contributed by atoms with E-state index in [-0.39, 0.29) is 5.78 Å². The van der Waals surface area contributed by atoms with Crippen LogP contribution in [0.2, 0.25) is 5.02 Å². The molecule has 0 spiro atoms. The molecule has 0 amide bonds. The lowest BCUT2D eigenvalue weighted by Crippen LogP contribution is -2.07. The molecule has 0 heterocycles. The van der Waals surface area contributed by atoms with Gasteiger partial charge in [0.15, 0.2) is 5.78 Å². The van der Waals surface area contributed by atoms with E-state index in [1.165, 1.54) is 6.92 Å². The van der Waals surface area contributed by atoms with Gasteiger partial charge in [0.1, 0.15) is 5.75 Å². The summed E-state index contributed by atoms with van der Waals surface area (Å²) in [6, 6.07) is 5.15. The van der Waals surface area contributed by atoms with Crippen LogP contribution in [0.1, 0.15) is 37.0 Å². The van der Waals surface area contributed by atoms with Gasteiger partial charge in [-0.25, -0.2) is 0 Å². The fraction of sp³-hybridized carbons (Fsp3) is 0.500. The lowest BCUT2D eigenvalue weighted by Gasteiger charge is -2.13. The number of carbonyl (C=O) groups is 1. The molecule has 1 aromatic carbocycles. The van der Waals surface area contributed by atoms with Gasteiger partial charge in [0.25, 0.3) is 0 Å². The second-order valence-electron chi connectivity index (χ2n) is 4.42. The smallest absolute Gasteiger partial charge is 0.163 e. The molecule has 0 aromatic heterocycles. The molecule has 1 aromatic rings. The molecule has 2 nitrogen and oxygen atoms in total. The molecule has 1 rings (SSSR count). The Morgan fingerprint density at radius 3 is 2.78 bits per heavy atom. The fourth-order valence-corrected chi connectivity index (χ4v) is 2.56. The van der Waals surface area contributed by atoms with Crippen molar-refractivity contribution in [1.82, 2.24) is 0 Å². The first-order valence-electron chi connectivity index (χ1n) is 6.04. The number of rotatable bonds is 7. The van der Waals surface area contributed by atoms with E-state index < -0.39 is 0 Å². The molecular formula is C14H18BrClO2. The van der Waals surface area contributed by atoms with Crippen LogP contribution in [0.25, 0.3) is 0 Å². The molecule has 0 aliphatic heterocycles. The molecule has 0 bridgehead atoms. The summed E-state index contributed by atoms with van der Waals surface area (Å²) in [6.45, 7) is 4.33. The summed E-state index contributed by atoms with van der Waals surface area (Å²) in [4.78, 5) is 11.5. The van der Waals surface area contributed by atoms with Crippen molar-refractivity contribution in [2.45, 2.75) is 26.7 Å². The monoisotopic (exact) mass is 332 g/mol. The van der Waals surface area contributed by atoms with Crippen LogP contribution in [-0.4, -0.2) is 17.7 Å². The first kappa shape index (κ1) is 15.5. The lowest BCUT2D eigenvalue weighted by molar-refractivity contribution is 0.101. The van der Waals surface area contributed by atoms with Gasteiger partial charge in [-0.1, -0.05) is 34.5 Å². The van der Waals surface area contributed by atoms with E-state index >= 15 is 0 Å². The SMILES string of the molecule is CC(=O)c1cc(Cl)ccc1OCCC(C)CCBr. The van der Waals surface area contributed by atoms with Crippen LogP contribution in [0.5, 0.6) is 5.75 Å². The topological polar surface area (TPSA) is 26.3 Å². The largest absolute Gasteiger partial charge is 0.493 e. The average molecular weight is 334 g/mol. The predicted molar refractivity (Wildman–Crippen MR) is 79.1 cm³/mol. The van der Waals surface area contributed by atoms with Crippen molar-refractivity contribution in [2.75, 3.05) is 11.9 Å². The first-order chi connectivity index (χ1) is 8.54.